The van der Waals surface area contributed by atoms with Crippen molar-refractivity contribution in [1.82, 2.24) is 25.1 Å². The van der Waals surface area contributed by atoms with E-state index in [1.807, 2.05) is 25.2 Å². The van der Waals surface area contributed by atoms with Gasteiger partial charge in [0.2, 0.25) is 5.82 Å². The Bertz CT molecular complexity index is 960. The summed E-state index contributed by atoms with van der Waals surface area (Å²) in [5.41, 5.74) is 1.88. The van der Waals surface area contributed by atoms with Crippen molar-refractivity contribution in [2.75, 3.05) is 24.5 Å². The zero-order chi connectivity index (χ0) is 19.5. The van der Waals surface area contributed by atoms with E-state index in [4.69, 9.17) is 0 Å². The van der Waals surface area contributed by atoms with Crippen LogP contribution in [0.25, 0.3) is 11.0 Å². The molecule has 1 fully saturated rings. The van der Waals surface area contributed by atoms with Gasteiger partial charge in [0.25, 0.3) is 5.91 Å². The van der Waals surface area contributed by atoms with Crippen molar-refractivity contribution in [2.45, 2.75) is 26.2 Å². The highest BCUT2D eigenvalue weighted by molar-refractivity contribution is 5.95. The summed E-state index contributed by atoms with van der Waals surface area (Å²) in [7, 11) is 1.84. The first-order chi connectivity index (χ1) is 13.6. The van der Waals surface area contributed by atoms with Crippen molar-refractivity contribution in [3.63, 3.8) is 0 Å². The molecule has 0 bridgehead atoms. The SMILES string of the molecule is CC1CCN(c2nc(C(=O)NCCc3ccccc3)nc3c2cnn3C)CC1. The van der Waals surface area contributed by atoms with Gasteiger partial charge in [0.15, 0.2) is 5.65 Å². The van der Waals surface area contributed by atoms with Crippen LogP contribution in [0.5, 0.6) is 0 Å². The average molecular weight is 378 g/mol. The van der Waals surface area contributed by atoms with Crippen molar-refractivity contribution < 1.29 is 4.79 Å². The lowest BCUT2D eigenvalue weighted by Crippen LogP contribution is -2.34. The minimum Gasteiger partial charge on any atom is -0.356 e. The molecule has 1 amide bonds. The van der Waals surface area contributed by atoms with Gasteiger partial charge in [-0.1, -0.05) is 37.3 Å². The second-order valence-electron chi connectivity index (χ2n) is 7.54. The highest BCUT2D eigenvalue weighted by Gasteiger charge is 2.23. The second-order valence-corrected chi connectivity index (χ2v) is 7.54. The molecular weight excluding hydrogens is 352 g/mol. The maximum Gasteiger partial charge on any atom is 0.289 e. The first-order valence-electron chi connectivity index (χ1n) is 9.88. The van der Waals surface area contributed by atoms with Gasteiger partial charge in [-0.2, -0.15) is 5.10 Å². The summed E-state index contributed by atoms with van der Waals surface area (Å²) in [6, 6.07) is 10.1. The number of nitrogens with zero attached hydrogens (tertiary/aromatic N) is 5. The number of hydrogen-bond donors (Lipinski definition) is 1. The molecule has 0 saturated carbocycles. The molecule has 0 atom stereocenters. The molecule has 1 N–H and O–H groups in total. The van der Waals surface area contributed by atoms with Crippen LogP contribution in [0.15, 0.2) is 36.5 Å². The number of rotatable bonds is 5. The quantitative estimate of drug-likeness (QED) is 0.738. The molecule has 4 rings (SSSR count). The van der Waals surface area contributed by atoms with Gasteiger partial charge in [-0.05, 0) is 30.7 Å². The normalized spacial score (nSPS) is 15.1. The van der Waals surface area contributed by atoms with Gasteiger partial charge < -0.3 is 10.2 Å². The lowest BCUT2D eigenvalue weighted by atomic mass is 9.99. The first kappa shape index (κ1) is 18.4. The average Bonchev–Trinajstić information content (AvgIpc) is 3.10. The van der Waals surface area contributed by atoms with Gasteiger partial charge in [-0.15, -0.1) is 0 Å². The van der Waals surface area contributed by atoms with Crippen LogP contribution in [-0.2, 0) is 13.5 Å². The highest BCUT2D eigenvalue weighted by Crippen LogP contribution is 2.27. The highest BCUT2D eigenvalue weighted by atomic mass is 16.2. The summed E-state index contributed by atoms with van der Waals surface area (Å²) in [5, 5.41) is 8.17. The fraction of sp³-hybridized carbons (Fsp3) is 0.429. The molecule has 0 radical (unpaired) electrons. The molecule has 2 aromatic heterocycles. The van der Waals surface area contributed by atoms with Gasteiger partial charge >= 0.3 is 0 Å². The number of fused-ring (bicyclic) bond motifs is 1. The van der Waals surface area contributed by atoms with Gasteiger partial charge in [-0.25, -0.2) is 9.97 Å². The third kappa shape index (κ3) is 3.83. The number of anilines is 1. The van der Waals surface area contributed by atoms with Crippen LogP contribution in [0.3, 0.4) is 0 Å². The Morgan fingerprint density at radius 3 is 2.68 bits per heavy atom. The molecule has 3 aromatic rings. The molecule has 1 aromatic carbocycles. The summed E-state index contributed by atoms with van der Waals surface area (Å²) in [4.78, 5) is 24.1. The molecule has 1 aliphatic heterocycles. The Morgan fingerprint density at radius 1 is 1.18 bits per heavy atom. The van der Waals surface area contributed by atoms with E-state index in [1.54, 1.807) is 10.9 Å². The largest absolute Gasteiger partial charge is 0.356 e. The Hall–Kier alpha value is -2.96. The third-order valence-corrected chi connectivity index (χ3v) is 5.40. The van der Waals surface area contributed by atoms with E-state index in [9.17, 15) is 4.79 Å². The maximum absolute atomic E-state index is 12.7. The summed E-state index contributed by atoms with van der Waals surface area (Å²) in [5.74, 6) is 1.50. The van der Waals surface area contributed by atoms with Crippen molar-refractivity contribution in [2.24, 2.45) is 13.0 Å². The van der Waals surface area contributed by atoms with Gasteiger partial charge in [0, 0.05) is 26.7 Å². The molecule has 0 spiro atoms. The zero-order valence-electron chi connectivity index (χ0n) is 16.4. The minimum absolute atomic E-state index is 0.206. The van der Waals surface area contributed by atoms with E-state index in [2.05, 4.69) is 44.3 Å². The van der Waals surface area contributed by atoms with Gasteiger partial charge in [0.05, 0.1) is 11.6 Å². The summed E-state index contributed by atoms with van der Waals surface area (Å²) < 4.78 is 1.70. The lowest BCUT2D eigenvalue weighted by Gasteiger charge is -2.31. The minimum atomic E-state index is -0.245. The molecule has 0 unspecified atom stereocenters. The number of hydrogen-bond acceptors (Lipinski definition) is 5. The van der Waals surface area contributed by atoms with E-state index in [0.29, 0.717) is 12.2 Å². The Kier molecular flexibility index (Phi) is 5.23. The third-order valence-electron chi connectivity index (χ3n) is 5.40. The molecule has 3 heterocycles. The van der Waals surface area contributed by atoms with Crippen molar-refractivity contribution >= 4 is 22.8 Å². The first-order valence-corrected chi connectivity index (χ1v) is 9.88. The molecule has 146 valence electrons. The Morgan fingerprint density at radius 2 is 1.93 bits per heavy atom. The van der Waals surface area contributed by atoms with Crippen LogP contribution < -0.4 is 10.2 Å². The number of aryl methyl sites for hydroxylation is 1. The number of aromatic nitrogens is 4. The molecule has 1 aliphatic rings. The molecule has 1 saturated heterocycles. The van der Waals surface area contributed by atoms with E-state index < -0.39 is 0 Å². The summed E-state index contributed by atoms with van der Waals surface area (Å²) >= 11 is 0. The molecule has 28 heavy (non-hydrogen) atoms. The van der Waals surface area contributed by atoms with Crippen LogP contribution in [0.4, 0.5) is 5.82 Å². The lowest BCUT2D eigenvalue weighted by molar-refractivity contribution is 0.0944. The number of piperidine rings is 1. The fourth-order valence-electron chi connectivity index (χ4n) is 3.61. The standard InChI is InChI=1S/C21H26N6O/c1-15-9-12-27(13-10-15)20-17-14-23-26(2)19(17)24-18(25-20)21(28)22-11-8-16-6-4-3-5-7-16/h3-7,14-15H,8-13H2,1-2H3,(H,22,28). The number of carbonyl (C=O) groups excluding carboxylic acids is 1. The van der Waals surface area contributed by atoms with Gasteiger partial charge in [-0.3, -0.25) is 9.48 Å². The monoisotopic (exact) mass is 378 g/mol. The van der Waals surface area contributed by atoms with Crippen molar-refractivity contribution in [1.29, 1.82) is 0 Å². The molecular formula is C21H26N6O. The Balaban J connectivity index is 1.54. The second kappa shape index (κ2) is 7.96. The van der Waals surface area contributed by atoms with E-state index in [-0.39, 0.29) is 11.7 Å². The van der Waals surface area contributed by atoms with Crippen LogP contribution in [0, 0.1) is 5.92 Å². The number of amides is 1. The summed E-state index contributed by atoms with van der Waals surface area (Å²) in [6.07, 6.45) is 4.83. The number of benzene rings is 1. The van der Waals surface area contributed by atoms with Gasteiger partial charge in [0.1, 0.15) is 5.82 Å². The molecule has 7 nitrogen and oxygen atoms in total. The number of nitrogens with one attached hydrogen (secondary N) is 1. The summed E-state index contributed by atoms with van der Waals surface area (Å²) in [6.45, 7) is 4.71. The molecule has 0 aliphatic carbocycles. The maximum atomic E-state index is 12.7. The predicted octanol–water partition coefficient (Wildman–Crippen LogP) is 2.57. The Labute approximate surface area is 164 Å². The van der Waals surface area contributed by atoms with E-state index in [0.717, 1.165) is 49.5 Å². The zero-order valence-corrected chi connectivity index (χ0v) is 16.4. The van der Waals surface area contributed by atoms with Crippen LogP contribution in [0.2, 0.25) is 0 Å². The van der Waals surface area contributed by atoms with E-state index in [1.165, 1.54) is 5.56 Å². The number of carbonyl (C=O) groups is 1. The van der Waals surface area contributed by atoms with E-state index >= 15 is 0 Å². The molecule has 7 heteroatoms. The topological polar surface area (TPSA) is 75.9 Å². The smallest absolute Gasteiger partial charge is 0.289 e. The van der Waals surface area contributed by atoms with Crippen molar-refractivity contribution in [3.05, 3.63) is 47.9 Å². The van der Waals surface area contributed by atoms with Crippen LogP contribution in [0.1, 0.15) is 35.9 Å². The fourth-order valence-corrected chi connectivity index (χ4v) is 3.61. The van der Waals surface area contributed by atoms with Crippen LogP contribution >= 0.6 is 0 Å². The predicted molar refractivity (Wildman–Crippen MR) is 109 cm³/mol. The van der Waals surface area contributed by atoms with Crippen molar-refractivity contribution in [3.8, 4) is 0 Å². The van der Waals surface area contributed by atoms with Crippen LogP contribution in [-0.4, -0.2) is 45.3 Å².